The molecule has 1 heterocycles. The van der Waals surface area contributed by atoms with Crippen molar-refractivity contribution in [1.82, 2.24) is 15.1 Å². The monoisotopic (exact) mass is 271 g/mol. The van der Waals surface area contributed by atoms with E-state index in [1.54, 1.807) is 32.0 Å². The molecule has 1 atom stereocenters. The fraction of sp³-hybridized carbons (Fsp3) is 0.769. The number of rotatable bonds is 9. The number of ether oxygens (including phenoxy) is 2. The smallest absolute Gasteiger partial charge is 0.162 e. The summed E-state index contributed by atoms with van der Waals surface area (Å²) in [7, 11) is 3.26. The van der Waals surface area contributed by atoms with Crippen molar-refractivity contribution in [3.05, 3.63) is 11.9 Å². The molecule has 0 saturated heterocycles. The lowest BCUT2D eigenvalue weighted by atomic mass is 9.97. The highest BCUT2D eigenvalue weighted by Crippen LogP contribution is 2.32. The van der Waals surface area contributed by atoms with Gasteiger partial charge in [0.05, 0.1) is 19.9 Å². The van der Waals surface area contributed by atoms with Gasteiger partial charge in [-0.1, -0.05) is 0 Å². The van der Waals surface area contributed by atoms with Crippen LogP contribution in [0.25, 0.3) is 0 Å². The van der Waals surface area contributed by atoms with Crippen LogP contribution < -0.4 is 10.1 Å². The Morgan fingerprint density at radius 1 is 1.42 bits per heavy atom. The van der Waals surface area contributed by atoms with Crippen molar-refractivity contribution in [3.63, 3.8) is 0 Å². The summed E-state index contributed by atoms with van der Waals surface area (Å²) in [5.74, 6) is 0.628. The van der Waals surface area contributed by atoms with Crippen LogP contribution in [0.5, 0.6) is 5.75 Å². The average molecular weight is 271 g/mol. The van der Waals surface area contributed by atoms with E-state index in [-0.39, 0.29) is 0 Å². The van der Waals surface area contributed by atoms with Crippen molar-refractivity contribution in [1.29, 1.82) is 0 Å². The Morgan fingerprint density at radius 3 is 2.74 bits per heavy atom. The summed E-state index contributed by atoms with van der Waals surface area (Å²) in [6.07, 6.45) is 2.23. The van der Waals surface area contributed by atoms with E-state index in [2.05, 4.69) is 10.4 Å². The van der Waals surface area contributed by atoms with Crippen molar-refractivity contribution in [2.75, 3.05) is 33.9 Å². The number of methoxy groups -OCH3 is 2. The Bertz CT molecular complexity index is 356. The number of hydrogen-bond donors (Lipinski definition) is 2. The fourth-order valence-corrected chi connectivity index (χ4v) is 2.05. The van der Waals surface area contributed by atoms with Gasteiger partial charge in [-0.2, -0.15) is 5.10 Å². The van der Waals surface area contributed by atoms with Gasteiger partial charge in [0.25, 0.3) is 0 Å². The molecule has 0 aromatic carbocycles. The van der Waals surface area contributed by atoms with Crippen LogP contribution in [-0.4, -0.2) is 48.8 Å². The van der Waals surface area contributed by atoms with Gasteiger partial charge in [0, 0.05) is 20.2 Å². The van der Waals surface area contributed by atoms with E-state index >= 15 is 0 Å². The van der Waals surface area contributed by atoms with Gasteiger partial charge in [0.2, 0.25) is 0 Å². The maximum Gasteiger partial charge on any atom is 0.162 e. The van der Waals surface area contributed by atoms with Crippen molar-refractivity contribution in [2.45, 2.75) is 32.4 Å². The molecule has 110 valence electrons. The van der Waals surface area contributed by atoms with E-state index in [0.29, 0.717) is 31.9 Å². The quantitative estimate of drug-likeness (QED) is 0.649. The Balaban J connectivity index is 2.67. The summed E-state index contributed by atoms with van der Waals surface area (Å²) >= 11 is 0. The van der Waals surface area contributed by atoms with Gasteiger partial charge >= 0.3 is 0 Å². The molecule has 0 bridgehead atoms. The molecule has 0 aliphatic heterocycles. The lowest BCUT2D eigenvalue weighted by molar-refractivity contribution is 0.0358. The molecule has 19 heavy (non-hydrogen) atoms. The maximum absolute atomic E-state index is 10.6. The van der Waals surface area contributed by atoms with Gasteiger partial charge in [0.15, 0.2) is 5.75 Å². The zero-order valence-corrected chi connectivity index (χ0v) is 12.3. The first kappa shape index (κ1) is 15.9. The first-order chi connectivity index (χ1) is 9.06. The highest BCUT2D eigenvalue weighted by atomic mass is 16.5. The number of aryl methyl sites for hydroxylation is 1. The van der Waals surface area contributed by atoms with E-state index < -0.39 is 5.60 Å². The van der Waals surface area contributed by atoms with Gasteiger partial charge < -0.3 is 19.9 Å². The lowest BCUT2D eigenvalue weighted by Gasteiger charge is -2.25. The first-order valence-corrected chi connectivity index (χ1v) is 6.59. The number of aliphatic hydroxyl groups is 1. The van der Waals surface area contributed by atoms with Crippen molar-refractivity contribution < 1.29 is 14.6 Å². The summed E-state index contributed by atoms with van der Waals surface area (Å²) < 4.78 is 12.0. The van der Waals surface area contributed by atoms with Crippen LogP contribution in [-0.2, 0) is 16.9 Å². The van der Waals surface area contributed by atoms with Crippen LogP contribution in [0.1, 0.15) is 26.0 Å². The molecule has 1 rings (SSSR count). The number of nitrogens with zero attached hydrogens (tertiary/aromatic N) is 2. The van der Waals surface area contributed by atoms with Crippen LogP contribution in [0.4, 0.5) is 0 Å². The standard InChI is InChI=1S/C13H25N3O3/c1-5-16-12(11(19-4)10-15-16)13(2,17)6-7-14-8-9-18-3/h10,14,17H,5-9H2,1-4H3. The Kier molecular flexibility index (Phi) is 6.27. The molecule has 6 nitrogen and oxygen atoms in total. The van der Waals surface area contributed by atoms with Gasteiger partial charge in [-0.15, -0.1) is 0 Å². The van der Waals surface area contributed by atoms with Crippen LogP contribution in [0.2, 0.25) is 0 Å². The van der Waals surface area contributed by atoms with E-state index in [4.69, 9.17) is 9.47 Å². The number of nitrogens with one attached hydrogen (secondary N) is 1. The molecule has 1 aromatic heterocycles. The van der Waals surface area contributed by atoms with Crippen LogP contribution in [0.3, 0.4) is 0 Å². The lowest BCUT2D eigenvalue weighted by Crippen LogP contribution is -2.31. The number of aromatic nitrogens is 2. The predicted molar refractivity (Wildman–Crippen MR) is 73.4 cm³/mol. The van der Waals surface area contributed by atoms with Crippen molar-refractivity contribution in [2.24, 2.45) is 0 Å². The molecular formula is C13H25N3O3. The van der Waals surface area contributed by atoms with Gasteiger partial charge in [-0.05, 0) is 26.8 Å². The molecule has 1 aromatic rings. The SMILES string of the molecule is CCn1ncc(OC)c1C(C)(O)CCNCCOC. The molecule has 0 amide bonds. The molecule has 2 N–H and O–H groups in total. The topological polar surface area (TPSA) is 68.5 Å². The number of hydrogen-bond acceptors (Lipinski definition) is 5. The second-order valence-electron chi connectivity index (χ2n) is 4.64. The minimum Gasteiger partial charge on any atom is -0.493 e. The second kappa shape index (κ2) is 7.47. The molecule has 0 fully saturated rings. The highest BCUT2D eigenvalue weighted by molar-refractivity contribution is 5.30. The van der Waals surface area contributed by atoms with E-state index in [1.165, 1.54) is 0 Å². The molecule has 0 aliphatic carbocycles. The normalized spacial score (nSPS) is 14.4. The van der Waals surface area contributed by atoms with Gasteiger partial charge in [-0.3, -0.25) is 4.68 Å². The van der Waals surface area contributed by atoms with Crippen molar-refractivity contribution in [3.8, 4) is 5.75 Å². The van der Waals surface area contributed by atoms with E-state index in [9.17, 15) is 5.11 Å². The summed E-state index contributed by atoms with van der Waals surface area (Å²) in [6, 6.07) is 0. The molecule has 6 heteroatoms. The van der Waals surface area contributed by atoms with Crippen LogP contribution >= 0.6 is 0 Å². The molecule has 0 aliphatic rings. The minimum atomic E-state index is -0.974. The minimum absolute atomic E-state index is 0.582. The van der Waals surface area contributed by atoms with Crippen molar-refractivity contribution >= 4 is 0 Å². The Hall–Kier alpha value is -1.11. The first-order valence-electron chi connectivity index (χ1n) is 6.59. The zero-order chi connectivity index (χ0) is 14.3. The van der Waals surface area contributed by atoms with E-state index in [0.717, 1.165) is 12.2 Å². The molecule has 0 radical (unpaired) electrons. The molecule has 0 spiro atoms. The summed E-state index contributed by atoms with van der Waals surface area (Å²) in [5.41, 5.74) is -0.246. The van der Waals surface area contributed by atoms with Gasteiger partial charge in [-0.25, -0.2) is 0 Å². The summed E-state index contributed by atoms with van der Waals surface area (Å²) in [6.45, 7) is 6.62. The largest absolute Gasteiger partial charge is 0.493 e. The molecule has 0 saturated carbocycles. The molecular weight excluding hydrogens is 246 g/mol. The zero-order valence-electron chi connectivity index (χ0n) is 12.3. The average Bonchev–Trinajstić information content (AvgIpc) is 2.82. The summed E-state index contributed by atoms with van der Waals surface area (Å²) in [4.78, 5) is 0. The predicted octanol–water partition coefficient (Wildman–Crippen LogP) is 0.745. The Morgan fingerprint density at radius 2 is 2.16 bits per heavy atom. The van der Waals surface area contributed by atoms with Gasteiger partial charge in [0.1, 0.15) is 11.3 Å². The Labute approximate surface area is 114 Å². The molecule has 1 unspecified atom stereocenters. The van der Waals surface area contributed by atoms with E-state index in [1.807, 2.05) is 6.92 Å². The second-order valence-corrected chi connectivity index (χ2v) is 4.64. The third kappa shape index (κ3) is 4.19. The highest BCUT2D eigenvalue weighted by Gasteiger charge is 2.30. The fourth-order valence-electron chi connectivity index (χ4n) is 2.05. The summed E-state index contributed by atoms with van der Waals surface area (Å²) in [5, 5.41) is 18.1. The van der Waals surface area contributed by atoms with Crippen LogP contribution in [0.15, 0.2) is 6.20 Å². The van der Waals surface area contributed by atoms with Crippen LogP contribution in [0, 0.1) is 0 Å². The maximum atomic E-state index is 10.6. The third-order valence-corrected chi connectivity index (χ3v) is 3.11. The third-order valence-electron chi connectivity index (χ3n) is 3.11.